The van der Waals surface area contributed by atoms with Crippen LogP contribution in [0, 0.1) is 11.8 Å². The average Bonchev–Trinajstić information content (AvgIpc) is 3.01. The van der Waals surface area contributed by atoms with Gasteiger partial charge in [-0.15, -0.1) is 0 Å². The first-order valence-electron chi connectivity index (χ1n) is 8.83. The molecule has 1 aliphatic heterocycles. The molecule has 0 bridgehead atoms. The number of likely N-dealkylation sites (tertiary alicyclic amines) is 1. The highest BCUT2D eigenvalue weighted by Gasteiger charge is 2.42. The molecule has 3 atom stereocenters. The molecule has 1 heterocycles. The Labute approximate surface area is 129 Å². The van der Waals surface area contributed by atoms with Gasteiger partial charge in [0.15, 0.2) is 0 Å². The number of hydrogen-bond acceptors (Lipinski definition) is 3. The van der Waals surface area contributed by atoms with Crippen LogP contribution in [0.25, 0.3) is 0 Å². The van der Waals surface area contributed by atoms with Crippen LogP contribution in [0.3, 0.4) is 0 Å². The Kier molecular flexibility index (Phi) is 6.49. The summed E-state index contributed by atoms with van der Waals surface area (Å²) in [6, 6.07) is 0. The van der Waals surface area contributed by atoms with Crippen LogP contribution >= 0.6 is 0 Å². The van der Waals surface area contributed by atoms with Crippen molar-refractivity contribution in [1.29, 1.82) is 0 Å². The Morgan fingerprint density at radius 1 is 1.14 bits per heavy atom. The number of nitrogens with zero attached hydrogens (tertiary/aromatic N) is 2. The van der Waals surface area contributed by atoms with Crippen molar-refractivity contribution in [2.45, 2.75) is 58.5 Å². The fourth-order valence-electron chi connectivity index (χ4n) is 3.81. The zero-order valence-electron chi connectivity index (χ0n) is 13.8. The highest BCUT2D eigenvalue weighted by Crippen LogP contribution is 2.37. The van der Waals surface area contributed by atoms with Crippen LogP contribution in [-0.2, 0) is 4.79 Å². The van der Waals surface area contributed by atoms with Crippen LogP contribution < -0.4 is 0 Å². The molecular weight excluding hydrogens is 264 g/mol. The molecule has 2 fully saturated rings. The van der Waals surface area contributed by atoms with E-state index in [0.29, 0.717) is 18.4 Å². The molecule has 1 saturated carbocycles. The van der Waals surface area contributed by atoms with Crippen molar-refractivity contribution >= 4 is 5.91 Å². The summed E-state index contributed by atoms with van der Waals surface area (Å²) in [5.74, 6) is 1.32. The van der Waals surface area contributed by atoms with Crippen LogP contribution in [0.1, 0.15) is 52.4 Å². The molecule has 122 valence electrons. The largest absolute Gasteiger partial charge is 0.393 e. The SMILES string of the molecule is CCCCN(CCCC)C(=O)CN1CC2CCC(O)C2C1. The molecule has 4 nitrogen and oxygen atoms in total. The third-order valence-corrected chi connectivity index (χ3v) is 5.17. The van der Waals surface area contributed by atoms with Crippen LogP contribution in [-0.4, -0.2) is 59.6 Å². The fraction of sp³-hybridized carbons (Fsp3) is 0.941. The molecule has 0 aromatic heterocycles. The summed E-state index contributed by atoms with van der Waals surface area (Å²) in [6.45, 7) is 8.61. The van der Waals surface area contributed by atoms with Crippen molar-refractivity contribution in [2.24, 2.45) is 11.8 Å². The molecule has 1 amide bonds. The number of hydrogen-bond donors (Lipinski definition) is 1. The Hall–Kier alpha value is -0.610. The van der Waals surface area contributed by atoms with Gasteiger partial charge in [-0.3, -0.25) is 9.69 Å². The molecule has 2 aliphatic rings. The lowest BCUT2D eigenvalue weighted by molar-refractivity contribution is -0.132. The lowest BCUT2D eigenvalue weighted by Crippen LogP contribution is -2.41. The summed E-state index contributed by atoms with van der Waals surface area (Å²) in [7, 11) is 0. The Morgan fingerprint density at radius 2 is 1.81 bits per heavy atom. The molecular formula is C17H32N2O2. The maximum absolute atomic E-state index is 12.5. The van der Waals surface area contributed by atoms with Gasteiger partial charge in [-0.1, -0.05) is 26.7 Å². The van der Waals surface area contributed by atoms with E-state index in [-0.39, 0.29) is 12.0 Å². The van der Waals surface area contributed by atoms with Gasteiger partial charge < -0.3 is 10.0 Å². The van der Waals surface area contributed by atoms with E-state index < -0.39 is 0 Å². The maximum atomic E-state index is 12.5. The van der Waals surface area contributed by atoms with Gasteiger partial charge in [-0.2, -0.15) is 0 Å². The van der Waals surface area contributed by atoms with Crippen molar-refractivity contribution in [1.82, 2.24) is 9.80 Å². The first-order valence-corrected chi connectivity index (χ1v) is 8.83. The molecule has 1 N–H and O–H groups in total. The molecule has 21 heavy (non-hydrogen) atoms. The van der Waals surface area contributed by atoms with Crippen molar-refractivity contribution in [3.05, 3.63) is 0 Å². The minimum atomic E-state index is -0.133. The summed E-state index contributed by atoms with van der Waals surface area (Å²) in [5.41, 5.74) is 0. The number of amides is 1. The predicted molar refractivity (Wildman–Crippen MR) is 85.1 cm³/mol. The summed E-state index contributed by atoms with van der Waals surface area (Å²) in [4.78, 5) is 16.9. The molecule has 0 radical (unpaired) electrons. The molecule has 0 spiro atoms. The normalized spacial score (nSPS) is 28.8. The van der Waals surface area contributed by atoms with E-state index in [4.69, 9.17) is 0 Å². The Morgan fingerprint density at radius 3 is 2.38 bits per heavy atom. The zero-order valence-corrected chi connectivity index (χ0v) is 13.8. The van der Waals surface area contributed by atoms with Crippen molar-refractivity contribution in [2.75, 3.05) is 32.7 Å². The van der Waals surface area contributed by atoms with Gasteiger partial charge in [-0.25, -0.2) is 0 Å². The van der Waals surface area contributed by atoms with Crippen LogP contribution in [0.15, 0.2) is 0 Å². The van der Waals surface area contributed by atoms with E-state index in [1.165, 1.54) is 0 Å². The Balaban J connectivity index is 1.81. The third-order valence-electron chi connectivity index (χ3n) is 5.17. The lowest BCUT2D eigenvalue weighted by Gasteiger charge is -2.26. The molecule has 2 rings (SSSR count). The lowest BCUT2D eigenvalue weighted by atomic mass is 10.00. The number of aliphatic hydroxyl groups is 1. The van der Waals surface area contributed by atoms with E-state index in [1.807, 2.05) is 0 Å². The fourth-order valence-corrected chi connectivity index (χ4v) is 3.81. The van der Waals surface area contributed by atoms with Crippen LogP contribution in [0.4, 0.5) is 0 Å². The molecule has 1 saturated heterocycles. The van der Waals surface area contributed by atoms with Crippen molar-refractivity contribution in [3.8, 4) is 0 Å². The van der Waals surface area contributed by atoms with Gasteiger partial charge in [-0.05, 0) is 31.6 Å². The Bertz CT molecular complexity index is 327. The van der Waals surface area contributed by atoms with Crippen molar-refractivity contribution in [3.63, 3.8) is 0 Å². The quantitative estimate of drug-likeness (QED) is 0.746. The molecule has 3 unspecified atom stereocenters. The predicted octanol–water partition coefficient (Wildman–Crippen LogP) is 2.12. The smallest absolute Gasteiger partial charge is 0.236 e. The highest BCUT2D eigenvalue weighted by molar-refractivity contribution is 5.78. The number of fused-ring (bicyclic) bond motifs is 1. The van der Waals surface area contributed by atoms with E-state index >= 15 is 0 Å². The maximum Gasteiger partial charge on any atom is 0.236 e. The monoisotopic (exact) mass is 296 g/mol. The second kappa shape index (κ2) is 8.14. The minimum Gasteiger partial charge on any atom is -0.393 e. The van der Waals surface area contributed by atoms with Gasteiger partial charge in [0.05, 0.1) is 12.6 Å². The van der Waals surface area contributed by atoms with Gasteiger partial charge in [0.1, 0.15) is 0 Å². The van der Waals surface area contributed by atoms with E-state index in [2.05, 4.69) is 23.6 Å². The number of carbonyl (C=O) groups excluding carboxylic acids is 1. The van der Waals surface area contributed by atoms with Gasteiger partial charge in [0.2, 0.25) is 5.91 Å². The second-order valence-corrected chi connectivity index (χ2v) is 6.85. The van der Waals surface area contributed by atoms with Gasteiger partial charge >= 0.3 is 0 Å². The summed E-state index contributed by atoms with van der Waals surface area (Å²) < 4.78 is 0. The number of unbranched alkanes of at least 4 members (excludes halogenated alkanes) is 2. The average molecular weight is 296 g/mol. The van der Waals surface area contributed by atoms with Gasteiger partial charge in [0.25, 0.3) is 0 Å². The molecule has 0 aromatic carbocycles. The highest BCUT2D eigenvalue weighted by atomic mass is 16.3. The number of aliphatic hydroxyl groups excluding tert-OH is 1. The number of rotatable bonds is 8. The standard InChI is InChI=1S/C17H32N2O2/c1-3-5-9-19(10-6-4-2)17(21)13-18-11-14-7-8-16(20)15(14)12-18/h14-16,20H,3-13H2,1-2H3. The van der Waals surface area contributed by atoms with Crippen molar-refractivity contribution < 1.29 is 9.90 Å². The summed E-state index contributed by atoms with van der Waals surface area (Å²) in [6.07, 6.45) is 6.42. The van der Waals surface area contributed by atoms with E-state index in [1.54, 1.807) is 0 Å². The zero-order chi connectivity index (χ0) is 15.2. The van der Waals surface area contributed by atoms with E-state index in [9.17, 15) is 9.90 Å². The molecule has 1 aliphatic carbocycles. The summed E-state index contributed by atoms with van der Waals surface area (Å²) in [5, 5.41) is 9.97. The molecule has 4 heteroatoms. The van der Waals surface area contributed by atoms with Crippen LogP contribution in [0.5, 0.6) is 0 Å². The number of carbonyl (C=O) groups is 1. The van der Waals surface area contributed by atoms with Gasteiger partial charge in [0, 0.05) is 32.1 Å². The third kappa shape index (κ3) is 4.43. The van der Waals surface area contributed by atoms with E-state index in [0.717, 1.165) is 64.7 Å². The minimum absolute atomic E-state index is 0.133. The topological polar surface area (TPSA) is 43.8 Å². The molecule has 0 aromatic rings. The summed E-state index contributed by atoms with van der Waals surface area (Å²) >= 11 is 0. The van der Waals surface area contributed by atoms with Crippen LogP contribution in [0.2, 0.25) is 0 Å². The second-order valence-electron chi connectivity index (χ2n) is 6.85. The first kappa shape index (κ1) is 16.8. The first-order chi connectivity index (χ1) is 10.2.